The van der Waals surface area contributed by atoms with Crippen molar-refractivity contribution in [2.45, 2.75) is 0 Å². The van der Waals surface area contributed by atoms with E-state index < -0.39 is 0 Å². The van der Waals surface area contributed by atoms with Crippen molar-refractivity contribution in [2.75, 3.05) is 9.80 Å². The summed E-state index contributed by atoms with van der Waals surface area (Å²) < 4.78 is 12.4. The summed E-state index contributed by atoms with van der Waals surface area (Å²) in [5, 5.41) is 0. The summed E-state index contributed by atoms with van der Waals surface area (Å²) in [6.45, 7) is 0. The fourth-order valence-corrected chi connectivity index (χ4v) is 8.08. The molecular formula is C50H30N2O4. The fraction of sp³-hybridized carbons (Fsp3) is 0. The van der Waals surface area contributed by atoms with Crippen LogP contribution in [0.15, 0.2) is 182 Å². The molecule has 56 heavy (non-hydrogen) atoms. The van der Waals surface area contributed by atoms with E-state index in [4.69, 9.17) is 9.47 Å². The highest BCUT2D eigenvalue weighted by Crippen LogP contribution is 2.51. The SMILES string of the molecule is O=C1c2ccc(-c3ccc(N4c5ccccc5Oc5ccccc54)cc3)cc2C(=O)c2ccc(-c3ccc(N4c5ccccc5Oc5ccccc54)cc3)cc21. The second-order valence-corrected chi connectivity index (χ2v) is 14.0. The number of anilines is 6. The Hall–Kier alpha value is -7.70. The summed E-state index contributed by atoms with van der Waals surface area (Å²) in [6.07, 6.45) is 0. The van der Waals surface area contributed by atoms with Crippen LogP contribution in [0.1, 0.15) is 31.8 Å². The molecule has 6 nitrogen and oxygen atoms in total. The summed E-state index contributed by atoms with van der Waals surface area (Å²) >= 11 is 0. The van der Waals surface area contributed by atoms with Gasteiger partial charge < -0.3 is 19.3 Å². The summed E-state index contributed by atoms with van der Waals surface area (Å²) in [7, 11) is 0. The van der Waals surface area contributed by atoms with Crippen molar-refractivity contribution in [3.05, 3.63) is 204 Å². The number of hydrogen-bond acceptors (Lipinski definition) is 6. The molecule has 0 spiro atoms. The van der Waals surface area contributed by atoms with E-state index in [2.05, 4.69) is 58.3 Å². The molecule has 264 valence electrons. The Bertz CT molecular complexity index is 2620. The largest absolute Gasteiger partial charge is 0.453 e. The molecule has 0 N–H and O–H groups in total. The first kappa shape index (κ1) is 31.8. The van der Waals surface area contributed by atoms with Crippen molar-refractivity contribution in [3.63, 3.8) is 0 Å². The Balaban J connectivity index is 0.879. The number of ether oxygens (including phenoxy) is 2. The molecule has 3 aliphatic rings. The van der Waals surface area contributed by atoms with Gasteiger partial charge in [0.1, 0.15) is 0 Å². The van der Waals surface area contributed by atoms with Gasteiger partial charge in [0.25, 0.3) is 0 Å². The van der Waals surface area contributed by atoms with Crippen LogP contribution in [-0.4, -0.2) is 11.6 Å². The molecule has 6 heteroatoms. The lowest BCUT2D eigenvalue weighted by Gasteiger charge is -2.32. The van der Waals surface area contributed by atoms with Crippen LogP contribution in [0.2, 0.25) is 0 Å². The third kappa shape index (κ3) is 4.97. The summed E-state index contributed by atoms with van der Waals surface area (Å²) in [6, 6.07) is 59.6. The lowest BCUT2D eigenvalue weighted by molar-refractivity contribution is 0.0979. The first-order chi connectivity index (χ1) is 27.6. The van der Waals surface area contributed by atoms with E-state index >= 15 is 0 Å². The van der Waals surface area contributed by atoms with E-state index in [1.807, 2.05) is 121 Å². The van der Waals surface area contributed by atoms with Crippen molar-refractivity contribution in [1.29, 1.82) is 0 Å². The molecule has 2 heterocycles. The molecular weight excluding hydrogens is 693 g/mol. The first-order valence-corrected chi connectivity index (χ1v) is 18.5. The van der Waals surface area contributed by atoms with Gasteiger partial charge in [-0.15, -0.1) is 0 Å². The third-order valence-electron chi connectivity index (χ3n) is 10.8. The van der Waals surface area contributed by atoms with E-state index in [1.165, 1.54) is 0 Å². The minimum absolute atomic E-state index is 0.152. The van der Waals surface area contributed by atoms with Crippen LogP contribution in [0.5, 0.6) is 23.0 Å². The molecule has 0 bridgehead atoms. The lowest BCUT2D eigenvalue weighted by atomic mass is 9.81. The second kappa shape index (κ2) is 12.4. The number of carbonyl (C=O) groups excluding carboxylic acids is 2. The molecule has 0 amide bonds. The molecule has 0 saturated heterocycles. The molecule has 11 rings (SSSR count). The van der Waals surface area contributed by atoms with Gasteiger partial charge in [-0.2, -0.15) is 0 Å². The maximum absolute atomic E-state index is 14.0. The van der Waals surface area contributed by atoms with E-state index in [1.54, 1.807) is 12.1 Å². The van der Waals surface area contributed by atoms with Crippen LogP contribution >= 0.6 is 0 Å². The van der Waals surface area contributed by atoms with Gasteiger partial charge in [0, 0.05) is 33.6 Å². The maximum Gasteiger partial charge on any atom is 0.194 e. The zero-order valence-electron chi connectivity index (χ0n) is 29.8. The number of nitrogens with zero attached hydrogens (tertiary/aromatic N) is 2. The molecule has 0 atom stereocenters. The molecule has 1 aliphatic carbocycles. The van der Waals surface area contributed by atoms with Gasteiger partial charge in [-0.25, -0.2) is 0 Å². The normalized spacial score (nSPS) is 13.3. The smallest absolute Gasteiger partial charge is 0.194 e. The highest BCUT2D eigenvalue weighted by Gasteiger charge is 2.31. The van der Waals surface area contributed by atoms with Crippen molar-refractivity contribution in [2.24, 2.45) is 0 Å². The van der Waals surface area contributed by atoms with Crippen LogP contribution in [0.25, 0.3) is 22.3 Å². The molecule has 8 aromatic rings. The minimum atomic E-state index is -0.152. The lowest BCUT2D eigenvalue weighted by Crippen LogP contribution is -2.21. The Labute approximate surface area is 323 Å². The Morgan fingerprint density at radius 2 is 0.607 bits per heavy atom. The van der Waals surface area contributed by atoms with Crippen LogP contribution in [0.4, 0.5) is 34.1 Å². The number of benzene rings is 8. The van der Waals surface area contributed by atoms with Crippen LogP contribution in [0, 0.1) is 0 Å². The van der Waals surface area contributed by atoms with Gasteiger partial charge in [-0.05, 0) is 119 Å². The van der Waals surface area contributed by atoms with E-state index in [0.29, 0.717) is 22.3 Å². The average Bonchev–Trinajstić information content (AvgIpc) is 3.26. The van der Waals surface area contributed by atoms with E-state index in [0.717, 1.165) is 79.4 Å². The number of para-hydroxylation sites is 8. The summed E-state index contributed by atoms with van der Waals surface area (Å²) in [5.74, 6) is 2.86. The van der Waals surface area contributed by atoms with Crippen molar-refractivity contribution < 1.29 is 19.1 Å². The Morgan fingerprint density at radius 3 is 0.946 bits per heavy atom. The number of carbonyl (C=O) groups is 2. The molecule has 0 saturated carbocycles. The van der Waals surface area contributed by atoms with Crippen molar-refractivity contribution in [3.8, 4) is 45.3 Å². The average molecular weight is 723 g/mol. The quantitative estimate of drug-likeness (QED) is 0.180. The number of fused-ring (bicyclic) bond motifs is 6. The summed E-state index contributed by atoms with van der Waals surface area (Å²) in [5.41, 5.74) is 11.1. The van der Waals surface area contributed by atoms with Crippen LogP contribution in [0.3, 0.4) is 0 Å². The minimum Gasteiger partial charge on any atom is -0.453 e. The molecule has 8 aromatic carbocycles. The van der Waals surface area contributed by atoms with Gasteiger partial charge >= 0.3 is 0 Å². The molecule has 0 unspecified atom stereocenters. The van der Waals surface area contributed by atoms with Crippen molar-refractivity contribution in [1.82, 2.24) is 0 Å². The van der Waals surface area contributed by atoms with Crippen LogP contribution in [-0.2, 0) is 0 Å². The topological polar surface area (TPSA) is 59.1 Å². The highest BCUT2D eigenvalue weighted by atomic mass is 16.5. The highest BCUT2D eigenvalue weighted by molar-refractivity contribution is 6.29. The molecule has 0 radical (unpaired) electrons. The van der Waals surface area contributed by atoms with E-state index in [-0.39, 0.29) is 11.6 Å². The van der Waals surface area contributed by atoms with Gasteiger partial charge in [0.15, 0.2) is 34.6 Å². The Kier molecular flexibility index (Phi) is 7.06. The fourth-order valence-electron chi connectivity index (χ4n) is 8.08. The van der Waals surface area contributed by atoms with Gasteiger partial charge in [0.2, 0.25) is 0 Å². The molecule has 2 aliphatic heterocycles. The maximum atomic E-state index is 14.0. The number of rotatable bonds is 4. The third-order valence-corrected chi connectivity index (χ3v) is 10.8. The zero-order valence-corrected chi connectivity index (χ0v) is 29.8. The molecule has 0 aromatic heterocycles. The monoisotopic (exact) mass is 722 g/mol. The van der Waals surface area contributed by atoms with Crippen LogP contribution < -0.4 is 19.3 Å². The zero-order chi connectivity index (χ0) is 37.3. The predicted molar refractivity (Wildman–Crippen MR) is 220 cm³/mol. The van der Waals surface area contributed by atoms with Gasteiger partial charge in [0.05, 0.1) is 22.7 Å². The number of hydrogen-bond donors (Lipinski definition) is 0. The van der Waals surface area contributed by atoms with Crippen molar-refractivity contribution >= 4 is 45.7 Å². The van der Waals surface area contributed by atoms with Gasteiger partial charge in [-0.1, -0.05) is 84.9 Å². The predicted octanol–water partition coefficient (Wildman–Crippen LogP) is 12.9. The number of ketones is 2. The van der Waals surface area contributed by atoms with Gasteiger partial charge in [-0.3, -0.25) is 9.59 Å². The molecule has 0 fully saturated rings. The Morgan fingerprint density at radius 1 is 0.304 bits per heavy atom. The summed E-state index contributed by atoms with van der Waals surface area (Å²) in [4.78, 5) is 32.4. The second-order valence-electron chi connectivity index (χ2n) is 14.0. The first-order valence-electron chi connectivity index (χ1n) is 18.5. The van der Waals surface area contributed by atoms with E-state index in [9.17, 15) is 9.59 Å². The standard InChI is InChI=1S/C50H30N2O4/c53-49-38-28-22-34(32-19-25-36(26-20-32)52-43-11-3-7-15-47(43)56-48-16-8-4-12-44(48)52)30-40(38)50(54)37-27-21-33(29-39(37)49)31-17-23-35(24-18-31)51-41-9-1-5-13-45(41)55-46-14-6-2-10-42(46)51/h1-30H.